The van der Waals surface area contributed by atoms with E-state index < -0.39 is 0 Å². The van der Waals surface area contributed by atoms with E-state index in [4.69, 9.17) is 4.74 Å². The summed E-state index contributed by atoms with van der Waals surface area (Å²) in [5.74, 6) is 0.922. The van der Waals surface area contributed by atoms with Crippen molar-refractivity contribution in [2.75, 3.05) is 13.2 Å². The third-order valence-electron chi connectivity index (χ3n) is 2.96. The van der Waals surface area contributed by atoms with Crippen molar-refractivity contribution in [2.24, 2.45) is 0 Å². The molecule has 0 saturated heterocycles. The molecule has 0 bridgehead atoms. The van der Waals surface area contributed by atoms with E-state index in [1.165, 1.54) is 5.01 Å². The fourth-order valence-corrected chi connectivity index (χ4v) is 2.81. The number of aryl methyl sites for hydroxylation is 1. The molecular weight excluding hydrogens is 268 g/mol. The molecular formula is C16H22N2OS. The van der Waals surface area contributed by atoms with Crippen LogP contribution < -0.4 is 10.1 Å². The molecule has 2 aromatic rings. The van der Waals surface area contributed by atoms with Crippen molar-refractivity contribution in [1.82, 2.24) is 10.3 Å². The summed E-state index contributed by atoms with van der Waals surface area (Å²) in [4.78, 5) is 4.54. The van der Waals surface area contributed by atoms with Crippen LogP contribution in [0, 0.1) is 6.92 Å². The Morgan fingerprint density at radius 2 is 2.10 bits per heavy atom. The number of benzene rings is 1. The summed E-state index contributed by atoms with van der Waals surface area (Å²) < 4.78 is 5.86. The second-order valence-corrected chi connectivity index (χ2v) is 5.80. The van der Waals surface area contributed by atoms with Gasteiger partial charge in [0.05, 0.1) is 5.01 Å². The molecule has 4 heteroatoms. The lowest BCUT2D eigenvalue weighted by atomic mass is 10.2. The third kappa shape index (κ3) is 4.94. The Hall–Kier alpha value is -1.39. The summed E-state index contributed by atoms with van der Waals surface area (Å²) in [6.45, 7) is 5.89. The van der Waals surface area contributed by atoms with Gasteiger partial charge in [-0.2, -0.15) is 0 Å². The van der Waals surface area contributed by atoms with Crippen LogP contribution in [0.25, 0.3) is 0 Å². The molecule has 1 N–H and O–H groups in total. The normalized spacial score (nSPS) is 12.3. The highest BCUT2D eigenvalue weighted by Gasteiger charge is 2.12. The highest BCUT2D eigenvalue weighted by Crippen LogP contribution is 2.13. The lowest BCUT2D eigenvalue weighted by Gasteiger charge is -2.18. The van der Waals surface area contributed by atoms with Gasteiger partial charge in [-0.3, -0.25) is 0 Å². The van der Waals surface area contributed by atoms with Crippen LogP contribution in [0.2, 0.25) is 0 Å². The molecule has 0 amide bonds. The van der Waals surface area contributed by atoms with Gasteiger partial charge in [0.15, 0.2) is 0 Å². The minimum absolute atomic E-state index is 0.306. The van der Waals surface area contributed by atoms with Gasteiger partial charge in [-0.25, -0.2) is 4.98 Å². The maximum atomic E-state index is 5.86. The van der Waals surface area contributed by atoms with Crippen molar-refractivity contribution in [3.05, 3.63) is 46.4 Å². The molecule has 2 rings (SSSR count). The van der Waals surface area contributed by atoms with E-state index in [0.717, 1.165) is 30.8 Å². The van der Waals surface area contributed by atoms with Crippen LogP contribution in [0.4, 0.5) is 0 Å². The SMILES string of the molecule is CCCNC(COc1ccccc1)Cc1nc(C)cs1. The molecule has 1 heterocycles. The summed E-state index contributed by atoms with van der Waals surface area (Å²) in [5.41, 5.74) is 1.10. The average Bonchev–Trinajstić information content (AvgIpc) is 2.88. The van der Waals surface area contributed by atoms with Crippen LogP contribution >= 0.6 is 11.3 Å². The minimum Gasteiger partial charge on any atom is -0.492 e. The molecule has 0 saturated carbocycles. The van der Waals surface area contributed by atoms with Crippen LogP contribution in [0.5, 0.6) is 5.75 Å². The monoisotopic (exact) mass is 290 g/mol. The highest BCUT2D eigenvalue weighted by molar-refractivity contribution is 7.09. The number of rotatable bonds is 8. The predicted molar refractivity (Wildman–Crippen MR) is 84.6 cm³/mol. The largest absolute Gasteiger partial charge is 0.492 e. The number of nitrogens with zero attached hydrogens (tertiary/aromatic N) is 1. The lowest BCUT2D eigenvalue weighted by molar-refractivity contribution is 0.263. The fraction of sp³-hybridized carbons (Fsp3) is 0.438. The standard InChI is InChI=1S/C16H22N2OS/c1-3-9-17-14(10-16-18-13(2)12-20-16)11-19-15-7-5-4-6-8-15/h4-8,12,14,17H,3,9-11H2,1-2H3. The number of thiazole rings is 1. The minimum atomic E-state index is 0.306. The first-order valence-corrected chi connectivity index (χ1v) is 7.98. The molecule has 1 aromatic carbocycles. The van der Waals surface area contributed by atoms with E-state index in [1.807, 2.05) is 37.3 Å². The van der Waals surface area contributed by atoms with Crippen molar-refractivity contribution in [3.63, 3.8) is 0 Å². The van der Waals surface area contributed by atoms with Crippen molar-refractivity contribution in [3.8, 4) is 5.75 Å². The molecule has 1 unspecified atom stereocenters. The number of hydrogen-bond acceptors (Lipinski definition) is 4. The van der Waals surface area contributed by atoms with Crippen molar-refractivity contribution in [1.29, 1.82) is 0 Å². The zero-order chi connectivity index (χ0) is 14.2. The zero-order valence-electron chi connectivity index (χ0n) is 12.1. The maximum Gasteiger partial charge on any atom is 0.119 e. The third-order valence-corrected chi connectivity index (χ3v) is 3.95. The van der Waals surface area contributed by atoms with Gasteiger partial charge in [0, 0.05) is 23.5 Å². The first-order valence-electron chi connectivity index (χ1n) is 7.10. The van der Waals surface area contributed by atoms with Crippen LogP contribution in [-0.2, 0) is 6.42 Å². The Bertz CT molecular complexity index is 498. The summed E-state index contributed by atoms with van der Waals surface area (Å²) in [6.07, 6.45) is 2.05. The number of aromatic nitrogens is 1. The lowest BCUT2D eigenvalue weighted by Crippen LogP contribution is -2.37. The van der Waals surface area contributed by atoms with Gasteiger partial charge in [0.25, 0.3) is 0 Å². The Morgan fingerprint density at radius 1 is 1.30 bits per heavy atom. The van der Waals surface area contributed by atoms with Gasteiger partial charge in [0.2, 0.25) is 0 Å². The number of hydrogen-bond donors (Lipinski definition) is 1. The predicted octanol–water partition coefficient (Wildman–Crippen LogP) is 3.44. The van der Waals surface area contributed by atoms with Crippen LogP contribution in [0.15, 0.2) is 35.7 Å². The first-order chi connectivity index (χ1) is 9.78. The number of ether oxygens (including phenoxy) is 1. The Balaban J connectivity index is 1.89. The van der Waals surface area contributed by atoms with E-state index in [2.05, 4.69) is 22.6 Å². The van der Waals surface area contributed by atoms with Crippen LogP contribution in [-0.4, -0.2) is 24.2 Å². The van der Waals surface area contributed by atoms with Gasteiger partial charge >= 0.3 is 0 Å². The first kappa shape index (κ1) is 15.0. The van der Waals surface area contributed by atoms with Crippen LogP contribution in [0.1, 0.15) is 24.0 Å². The molecule has 0 aliphatic heterocycles. The van der Waals surface area contributed by atoms with Gasteiger partial charge in [-0.15, -0.1) is 11.3 Å². The molecule has 0 aliphatic carbocycles. The van der Waals surface area contributed by atoms with Gasteiger partial charge in [-0.05, 0) is 32.0 Å². The van der Waals surface area contributed by atoms with Gasteiger partial charge < -0.3 is 10.1 Å². The highest BCUT2D eigenvalue weighted by atomic mass is 32.1. The topological polar surface area (TPSA) is 34.1 Å². The number of para-hydroxylation sites is 1. The Morgan fingerprint density at radius 3 is 2.75 bits per heavy atom. The van der Waals surface area contributed by atoms with E-state index in [1.54, 1.807) is 11.3 Å². The Kier molecular flexibility index (Phi) is 6.02. The average molecular weight is 290 g/mol. The fourth-order valence-electron chi connectivity index (χ4n) is 1.96. The van der Waals surface area contributed by atoms with Gasteiger partial charge in [-0.1, -0.05) is 25.1 Å². The molecule has 0 fully saturated rings. The summed E-state index contributed by atoms with van der Waals surface area (Å²) >= 11 is 1.73. The quantitative estimate of drug-likeness (QED) is 0.808. The summed E-state index contributed by atoms with van der Waals surface area (Å²) in [7, 11) is 0. The maximum absolute atomic E-state index is 5.86. The van der Waals surface area contributed by atoms with Gasteiger partial charge in [0.1, 0.15) is 12.4 Å². The van der Waals surface area contributed by atoms with E-state index >= 15 is 0 Å². The molecule has 0 aliphatic rings. The summed E-state index contributed by atoms with van der Waals surface area (Å²) in [6, 6.07) is 10.3. The van der Waals surface area contributed by atoms with Crippen LogP contribution in [0.3, 0.4) is 0 Å². The molecule has 20 heavy (non-hydrogen) atoms. The van der Waals surface area contributed by atoms with E-state index in [-0.39, 0.29) is 0 Å². The van der Waals surface area contributed by atoms with E-state index in [0.29, 0.717) is 12.6 Å². The van der Waals surface area contributed by atoms with E-state index in [9.17, 15) is 0 Å². The second kappa shape index (κ2) is 8.02. The molecule has 3 nitrogen and oxygen atoms in total. The van der Waals surface area contributed by atoms with Crippen molar-refractivity contribution in [2.45, 2.75) is 32.7 Å². The number of nitrogens with one attached hydrogen (secondary N) is 1. The molecule has 1 atom stereocenters. The zero-order valence-corrected chi connectivity index (χ0v) is 13.0. The molecule has 0 spiro atoms. The molecule has 1 aromatic heterocycles. The van der Waals surface area contributed by atoms with Crippen molar-refractivity contribution < 1.29 is 4.74 Å². The molecule has 0 radical (unpaired) electrons. The second-order valence-electron chi connectivity index (χ2n) is 4.86. The smallest absolute Gasteiger partial charge is 0.119 e. The van der Waals surface area contributed by atoms with Crippen molar-refractivity contribution >= 4 is 11.3 Å². The summed E-state index contributed by atoms with van der Waals surface area (Å²) in [5, 5.41) is 6.81. The molecule has 108 valence electrons. The Labute approximate surface area is 125 Å².